The van der Waals surface area contributed by atoms with Crippen LogP contribution in [0.5, 0.6) is 0 Å². The topological polar surface area (TPSA) is 62.7 Å². The Morgan fingerprint density at radius 2 is 2.11 bits per heavy atom. The van der Waals surface area contributed by atoms with Crippen molar-refractivity contribution in [1.29, 1.82) is 5.26 Å². The highest BCUT2D eigenvalue weighted by molar-refractivity contribution is 6.31. The minimum atomic E-state index is 0.396. The minimum absolute atomic E-state index is 0.396. The zero-order valence-corrected chi connectivity index (χ0v) is 11.1. The van der Waals surface area contributed by atoms with Crippen molar-refractivity contribution in [3.63, 3.8) is 0 Å². The van der Waals surface area contributed by atoms with Crippen LogP contribution in [0.1, 0.15) is 16.7 Å². The number of nitrogens with zero attached hydrogens (tertiary/aromatic N) is 2. The first-order chi connectivity index (χ1) is 9.13. The largest absolute Gasteiger partial charge is 0.397 e. The molecule has 0 amide bonds. The van der Waals surface area contributed by atoms with Gasteiger partial charge in [0.05, 0.1) is 11.3 Å². The smallest absolute Gasteiger partial charge is 0.102 e. The van der Waals surface area contributed by atoms with Crippen molar-refractivity contribution >= 4 is 22.9 Å². The average Bonchev–Trinajstić information content (AvgIpc) is 2.44. The number of hydrogen-bond acceptors (Lipinski definition) is 3. The molecule has 0 aliphatic rings. The highest BCUT2D eigenvalue weighted by atomic mass is 35.5. The molecule has 0 atom stereocenters. The Balaban J connectivity index is 2.56. The van der Waals surface area contributed by atoms with Crippen LogP contribution in [0.4, 0.5) is 0 Å². The van der Waals surface area contributed by atoms with Crippen molar-refractivity contribution in [2.45, 2.75) is 6.92 Å². The molecule has 0 aliphatic heterocycles. The molecule has 2 rings (SSSR count). The number of aryl methyl sites for hydroxylation is 1. The first-order valence-corrected chi connectivity index (χ1v) is 6.08. The molecule has 3 nitrogen and oxygen atoms in total. The molecule has 94 valence electrons. The van der Waals surface area contributed by atoms with Gasteiger partial charge >= 0.3 is 0 Å². The lowest BCUT2D eigenvalue weighted by Gasteiger charge is -2.07. The second-order valence-electron chi connectivity index (χ2n) is 4.11. The van der Waals surface area contributed by atoms with Gasteiger partial charge in [0.1, 0.15) is 6.07 Å². The van der Waals surface area contributed by atoms with Crippen molar-refractivity contribution < 1.29 is 0 Å². The number of halogens is 1. The van der Waals surface area contributed by atoms with Gasteiger partial charge in [-0.2, -0.15) is 5.26 Å². The number of aromatic nitrogens is 1. The van der Waals surface area contributed by atoms with E-state index in [2.05, 4.69) is 11.1 Å². The zero-order valence-electron chi connectivity index (χ0n) is 10.4. The van der Waals surface area contributed by atoms with E-state index in [1.165, 1.54) is 0 Å². The molecular weight excluding hydrogens is 258 g/mol. The predicted molar refractivity (Wildman–Crippen MR) is 77.0 cm³/mol. The van der Waals surface area contributed by atoms with Crippen LogP contribution >= 0.6 is 11.6 Å². The lowest BCUT2D eigenvalue weighted by atomic mass is 10.0. The van der Waals surface area contributed by atoms with E-state index in [-0.39, 0.29) is 0 Å². The van der Waals surface area contributed by atoms with Gasteiger partial charge < -0.3 is 5.73 Å². The number of nitriles is 1. The van der Waals surface area contributed by atoms with Crippen molar-refractivity contribution in [3.05, 3.63) is 64.4 Å². The maximum atomic E-state index is 9.29. The lowest BCUT2D eigenvalue weighted by molar-refractivity contribution is 1.31. The zero-order chi connectivity index (χ0) is 13.8. The third-order valence-corrected chi connectivity index (χ3v) is 3.22. The molecule has 0 radical (unpaired) electrons. The standard InChI is InChI=1S/C15H12ClN3/c1-10-4-5-11(7-14(10)16)15(18)13(8-17)12-3-2-6-19-9-12/h2-7,9H,18H2,1H3/b15-13+. The number of allylic oxidation sites excluding steroid dienone is 1. The van der Waals surface area contributed by atoms with Crippen LogP contribution < -0.4 is 5.73 Å². The molecule has 0 bridgehead atoms. The molecule has 4 heteroatoms. The number of hydrogen-bond donors (Lipinski definition) is 1. The summed E-state index contributed by atoms with van der Waals surface area (Å²) in [5, 5.41) is 9.92. The van der Waals surface area contributed by atoms with E-state index < -0.39 is 0 Å². The maximum Gasteiger partial charge on any atom is 0.102 e. The Kier molecular flexibility index (Phi) is 3.84. The number of rotatable bonds is 2. The maximum absolute atomic E-state index is 9.29. The van der Waals surface area contributed by atoms with E-state index in [4.69, 9.17) is 17.3 Å². The quantitative estimate of drug-likeness (QED) is 0.850. The summed E-state index contributed by atoms with van der Waals surface area (Å²) < 4.78 is 0. The predicted octanol–water partition coefficient (Wildman–Crippen LogP) is 3.39. The van der Waals surface area contributed by atoms with E-state index in [0.29, 0.717) is 21.9 Å². The van der Waals surface area contributed by atoms with Gasteiger partial charge in [0, 0.05) is 28.5 Å². The molecule has 2 N–H and O–H groups in total. The van der Waals surface area contributed by atoms with Crippen LogP contribution in [0, 0.1) is 18.3 Å². The molecular formula is C15H12ClN3. The van der Waals surface area contributed by atoms with E-state index in [1.54, 1.807) is 30.6 Å². The summed E-state index contributed by atoms with van der Waals surface area (Å²) in [6.45, 7) is 1.92. The molecule has 0 spiro atoms. The summed E-state index contributed by atoms with van der Waals surface area (Å²) in [5.74, 6) is 0. The van der Waals surface area contributed by atoms with E-state index in [0.717, 1.165) is 11.1 Å². The van der Waals surface area contributed by atoms with Crippen molar-refractivity contribution in [2.75, 3.05) is 0 Å². The Hall–Kier alpha value is -2.31. The Morgan fingerprint density at radius 3 is 2.68 bits per heavy atom. The summed E-state index contributed by atoms with van der Waals surface area (Å²) in [6.07, 6.45) is 3.26. The molecule has 1 aromatic carbocycles. The van der Waals surface area contributed by atoms with Gasteiger partial charge in [-0.3, -0.25) is 4.98 Å². The highest BCUT2D eigenvalue weighted by Gasteiger charge is 2.09. The van der Waals surface area contributed by atoms with Gasteiger partial charge in [-0.1, -0.05) is 29.8 Å². The third-order valence-electron chi connectivity index (χ3n) is 2.81. The Labute approximate surface area is 117 Å². The first kappa shape index (κ1) is 13.1. The van der Waals surface area contributed by atoms with E-state index in [1.807, 2.05) is 19.1 Å². The van der Waals surface area contributed by atoms with Crippen LogP contribution in [0.3, 0.4) is 0 Å². The monoisotopic (exact) mass is 269 g/mol. The first-order valence-electron chi connectivity index (χ1n) is 5.70. The molecule has 1 aromatic heterocycles. The second-order valence-corrected chi connectivity index (χ2v) is 4.51. The molecule has 0 aliphatic carbocycles. The van der Waals surface area contributed by atoms with Crippen molar-refractivity contribution in [2.24, 2.45) is 5.73 Å². The fraction of sp³-hybridized carbons (Fsp3) is 0.0667. The fourth-order valence-corrected chi connectivity index (χ4v) is 1.88. The SMILES string of the molecule is Cc1ccc(/C(N)=C(/C#N)c2cccnc2)cc1Cl. The third kappa shape index (κ3) is 2.75. The molecule has 0 fully saturated rings. The number of pyridine rings is 1. The van der Waals surface area contributed by atoms with Gasteiger partial charge in [0.2, 0.25) is 0 Å². The summed E-state index contributed by atoms with van der Waals surface area (Å²) in [7, 11) is 0. The molecule has 0 unspecified atom stereocenters. The highest BCUT2D eigenvalue weighted by Crippen LogP contribution is 2.25. The second kappa shape index (κ2) is 5.55. The van der Waals surface area contributed by atoms with Crippen molar-refractivity contribution in [3.8, 4) is 6.07 Å². The Bertz CT molecular complexity index is 670. The van der Waals surface area contributed by atoms with Gasteiger partial charge in [-0.15, -0.1) is 0 Å². The number of nitrogens with two attached hydrogens (primary N) is 1. The molecule has 0 saturated heterocycles. The van der Waals surface area contributed by atoms with Crippen LogP contribution in [-0.2, 0) is 0 Å². The molecule has 0 saturated carbocycles. The Morgan fingerprint density at radius 1 is 1.32 bits per heavy atom. The normalized spacial score (nSPS) is 11.6. The van der Waals surface area contributed by atoms with Gasteiger partial charge in [0.15, 0.2) is 0 Å². The van der Waals surface area contributed by atoms with Crippen LogP contribution in [0.2, 0.25) is 5.02 Å². The van der Waals surface area contributed by atoms with Gasteiger partial charge in [-0.05, 0) is 24.6 Å². The van der Waals surface area contributed by atoms with Gasteiger partial charge in [0.25, 0.3) is 0 Å². The summed E-state index contributed by atoms with van der Waals surface area (Å²) >= 11 is 6.08. The summed E-state index contributed by atoms with van der Waals surface area (Å²) in [5.41, 5.74) is 9.26. The van der Waals surface area contributed by atoms with Crippen LogP contribution in [0.15, 0.2) is 42.7 Å². The molecule has 2 aromatic rings. The van der Waals surface area contributed by atoms with Crippen molar-refractivity contribution in [1.82, 2.24) is 4.98 Å². The van der Waals surface area contributed by atoms with Gasteiger partial charge in [-0.25, -0.2) is 0 Å². The minimum Gasteiger partial charge on any atom is -0.397 e. The molecule has 19 heavy (non-hydrogen) atoms. The summed E-state index contributed by atoms with van der Waals surface area (Å²) in [4.78, 5) is 3.99. The fourth-order valence-electron chi connectivity index (χ4n) is 1.70. The van der Waals surface area contributed by atoms with E-state index >= 15 is 0 Å². The number of benzene rings is 1. The van der Waals surface area contributed by atoms with E-state index in [9.17, 15) is 5.26 Å². The summed E-state index contributed by atoms with van der Waals surface area (Å²) in [6, 6.07) is 11.2. The lowest BCUT2D eigenvalue weighted by Crippen LogP contribution is -2.01. The van der Waals surface area contributed by atoms with Crippen LogP contribution in [0.25, 0.3) is 11.3 Å². The molecule has 1 heterocycles. The average molecular weight is 270 g/mol. The van der Waals surface area contributed by atoms with Crippen LogP contribution in [-0.4, -0.2) is 4.98 Å².